The van der Waals surface area contributed by atoms with E-state index in [9.17, 15) is 9.90 Å². The highest BCUT2D eigenvalue weighted by atomic mass is 32.2. The van der Waals surface area contributed by atoms with Crippen molar-refractivity contribution in [1.82, 2.24) is 0 Å². The van der Waals surface area contributed by atoms with E-state index in [1.165, 1.54) is 34.4 Å². The first kappa shape index (κ1) is 14.6. The van der Waals surface area contributed by atoms with Gasteiger partial charge in [-0.15, -0.1) is 0 Å². The number of carboxylic acids is 1. The van der Waals surface area contributed by atoms with Gasteiger partial charge in [-0.2, -0.15) is 0 Å². The van der Waals surface area contributed by atoms with Gasteiger partial charge in [0.1, 0.15) is 0 Å². The molecule has 2 aromatic carbocycles. The Bertz CT molecular complexity index is 836. The molecule has 1 heterocycles. The summed E-state index contributed by atoms with van der Waals surface area (Å²) in [5.74, 6) is -0.181. The Kier molecular flexibility index (Phi) is 3.53. The van der Waals surface area contributed by atoms with E-state index < -0.39 is 5.97 Å². The molecule has 1 aliphatic carbocycles. The summed E-state index contributed by atoms with van der Waals surface area (Å²) in [5, 5.41) is 9.21. The molecule has 23 heavy (non-hydrogen) atoms. The van der Waals surface area contributed by atoms with Crippen LogP contribution in [0.25, 0.3) is 12.2 Å². The van der Waals surface area contributed by atoms with Crippen molar-refractivity contribution in [2.45, 2.75) is 41.9 Å². The molecule has 116 valence electrons. The van der Waals surface area contributed by atoms with Crippen LogP contribution in [-0.2, 0) is 6.42 Å². The molecule has 0 saturated carbocycles. The first-order chi connectivity index (χ1) is 11.2. The minimum absolute atomic E-state index is 0.348. The molecule has 1 unspecified atom stereocenters. The summed E-state index contributed by atoms with van der Waals surface area (Å²) in [6.45, 7) is 2.26. The fourth-order valence-electron chi connectivity index (χ4n) is 3.57. The molecule has 0 amide bonds. The summed E-state index contributed by atoms with van der Waals surface area (Å²) >= 11 is 1.68. The number of rotatable bonds is 2. The average molecular weight is 322 g/mol. The lowest BCUT2D eigenvalue weighted by molar-refractivity contribution is 0.0696. The Balaban J connectivity index is 1.80. The fraction of sp³-hybridized carbons (Fsp3) is 0.250. The van der Waals surface area contributed by atoms with Gasteiger partial charge in [0.2, 0.25) is 0 Å². The number of fused-ring (bicyclic) bond motifs is 3. The van der Waals surface area contributed by atoms with Crippen LogP contribution in [-0.4, -0.2) is 11.1 Å². The van der Waals surface area contributed by atoms with Crippen molar-refractivity contribution >= 4 is 29.9 Å². The summed E-state index contributed by atoms with van der Waals surface area (Å²) in [4.78, 5) is 13.5. The Hall–Kier alpha value is -2.00. The molecule has 2 aliphatic rings. The van der Waals surface area contributed by atoms with Crippen LogP contribution in [0.1, 0.15) is 58.3 Å². The highest BCUT2D eigenvalue weighted by molar-refractivity contribution is 7.99. The molecular weight excluding hydrogens is 304 g/mol. The average Bonchev–Trinajstić information content (AvgIpc) is 2.85. The van der Waals surface area contributed by atoms with Gasteiger partial charge in [-0.05, 0) is 65.6 Å². The molecule has 0 fully saturated rings. The first-order valence-electron chi connectivity index (χ1n) is 8.06. The molecular formula is C20H18O2S. The lowest BCUT2D eigenvalue weighted by Gasteiger charge is -2.12. The fourth-order valence-corrected chi connectivity index (χ4v) is 4.69. The van der Waals surface area contributed by atoms with E-state index in [0.29, 0.717) is 11.5 Å². The number of carboxylic acid groups (broad SMARTS) is 1. The zero-order valence-corrected chi connectivity index (χ0v) is 13.8. The van der Waals surface area contributed by atoms with Crippen molar-refractivity contribution < 1.29 is 9.90 Å². The van der Waals surface area contributed by atoms with E-state index in [1.807, 2.05) is 6.07 Å². The topological polar surface area (TPSA) is 37.3 Å². The quantitative estimate of drug-likeness (QED) is 0.680. The Morgan fingerprint density at radius 3 is 2.74 bits per heavy atom. The largest absolute Gasteiger partial charge is 0.478 e. The number of aryl methyl sites for hydroxylation is 1. The summed E-state index contributed by atoms with van der Waals surface area (Å²) in [6.07, 6.45) is 7.88. The predicted octanol–water partition coefficient (Wildman–Crippen LogP) is 5.46. The van der Waals surface area contributed by atoms with Gasteiger partial charge in [-0.3, -0.25) is 0 Å². The maximum absolute atomic E-state index is 11.2. The first-order valence-corrected chi connectivity index (χ1v) is 8.87. The van der Waals surface area contributed by atoms with Gasteiger partial charge in [0.15, 0.2) is 0 Å². The summed E-state index contributed by atoms with van der Waals surface area (Å²) < 4.78 is 0. The van der Waals surface area contributed by atoms with Crippen LogP contribution in [0, 0.1) is 0 Å². The van der Waals surface area contributed by atoms with Gasteiger partial charge in [0, 0.05) is 9.79 Å². The highest BCUT2D eigenvalue weighted by Gasteiger charge is 2.23. The molecule has 0 aromatic heterocycles. The van der Waals surface area contributed by atoms with Crippen molar-refractivity contribution in [2.75, 3.05) is 0 Å². The van der Waals surface area contributed by atoms with E-state index >= 15 is 0 Å². The Morgan fingerprint density at radius 1 is 1.17 bits per heavy atom. The van der Waals surface area contributed by atoms with Crippen molar-refractivity contribution in [3.63, 3.8) is 0 Å². The van der Waals surface area contributed by atoms with Gasteiger partial charge in [0.05, 0.1) is 5.56 Å². The van der Waals surface area contributed by atoms with Crippen LogP contribution >= 0.6 is 11.8 Å². The molecule has 1 aliphatic heterocycles. The predicted molar refractivity (Wildman–Crippen MR) is 94.2 cm³/mol. The lowest BCUT2D eigenvalue weighted by Crippen LogP contribution is -1.96. The lowest BCUT2D eigenvalue weighted by atomic mass is 9.96. The van der Waals surface area contributed by atoms with E-state index in [-0.39, 0.29) is 0 Å². The number of benzene rings is 2. The van der Waals surface area contributed by atoms with Gasteiger partial charge in [0.25, 0.3) is 0 Å². The summed E-state index contributed by atoms with van der Waals surface area (Å²) in [7, 11) is 0. The molecule has 0 spiro atoms. The highest BCUT2D eigenvalue weighted by Crippen LogP contribution is 2.43. The van der Waals surface area contributed by atoms with Crippen LogP contribution < -0.4 is 0 Å². The molecule has 3 heteroatoms. The molecule has 0 radical (unpaired) electrons. The van der Waals surface area contributed by atoms with Crippen LogP contribution in [0.2, 0.25) is 0 Å². The molecule has 2 aromatic rings. The second-order valence-electron chi connectivity index (χ2n) is 6.23. The molecule has 2 nitrogen and oxygen atoms in total. The zero-order valence-electron chi connectivity index (χ0n) is 13.0. The number of hydrogen-bond acceptors (Lipinski definition) is 2. The number of hydrogen-bond donors (Lipinski definition) is 1. The number of aromatic carboxylic acids is 1. The SMILES string of the molecule is CCC1CCc2cc3c(cc21)C=Cc1ccc(C(=O)O)cc1S3. The molecule has 1 atom stereocenters. The van der Waals surface area contributed by atoms with E-state index in [1.54, 1.807) is 23.9 Å². The van der Waals surface area contributed by atoms with E-state index in [4.69, 9.17) is 0 Å². The third kappa shape index (κ3) is 2.49. The maximum Gasteiger partial charge on any atom is 0.335 e. The van der Waals surface area contributed by atoms with Gasteiger partial charge in [-0.25, -0.2) is 4.79 Å². The standard InChI is InChI=1S/C20H18O2S/c1-2-12-3-6-14-10-19-15(9-17(12)14)7-4-13-5-8-16(20(21)22)11-18(13)23-19/h4-5,7-12H,2-3,6H2,1H3,(H,21,22). The third-order valence-corrected chi connectivity index (χ3v) is 6.04. The van der Waals surface area contributed by atoms with E-state index in [0.717, 1.165) is 16.9 Å². The van der Waals surface area contributed by atoms with Crippen LogP contribution in [0.3, 0.4) is 0 Å². The van der Waals surface area contributed by atoms with Gasteiger partial charge in [-0.1, -0.05) is 43.0 Å². The number of carbonyl (C=O) groups is 1. The van der Waals surface area contributed by atoms with Crippen molar-refractivity contribution in [2.24, 2.45) is 0 Å². The Labute approximate surface area is 140 Å². The summed E-state index contributed by atoms with van der Waals surface area (Å²) in [5.41, 5.74) is 5.66. The Morgan fingerprint density at radius 2 is 1.96 bits per heavy atom. The minimum Gasteiger partial charge on any atom is -0.478 e. The monoisotopic (exact) mass is 322 g/mol. The minimum atomic E-state index is -0.874. The molecule has 0 bridgehead atoms. The normalized spacial score (nSPS) is 18.0. The van der Waals surface area contributed by atoms with Gasteiger partial charge >= 0.3 is 5.97 Å². The van der Waals surface area contributed by atoms with E-state index in [2.05, 4.69) is 31.2 Å². The van der Waals surface area contributed by atoms with Crippen LogP contribution in [0.4, 0.5) is 0 Å². The second-order valence-corrected chi connectivity index (χ2v) is 7.31. The smallest absolute Gasteiger partial charge is 0.335 e. The van der Waals surface area contributed by atoms with Gasteiger partial charge < -0.3 is 5.11 Å². The van der Waals surface area contributed by atoms with Crippen molar-refractivity contribution in [1.29, 1.82) is 0 Å². The van der Waals surface area contributed by atoms with Crippen molar-refractivity contribution in [3.05, 3.63) is 58.1 Å². The zero-order chi connectivity index (χ0) is 16.0. The second kappa shape index (κ2) is 5.57. The van der Waals surface area contributed by atoms with Crippen molar-refractivity contribution in [3.8, 4) is 0 Å². The summed E-state index contributed by atoms with van der Waals surface area (Å²) in [6, 6.07) is 10.0. The van der Waals surface area contributed by atoms with Crippen LogP contribution in [0.5, 0.6) is 0 Å². The third-order valence-electron chi connectivity index (χ3n) is 4.89. The molecule has 0 saturated heterocycles. The van der Waals surface area contributed by atoms with Crippen LogP contribution in [0.15, 0.2) is 40.1 Å². The maximum atomic E-state index is 11.2. The molecule has 4 rings (SSSR count). The molecule has 1 N–H and O–H groups in total.